The van der Waals surface area contributed by atoms with Gasteiger partial charge in [0.1, 0.15) is 0 Å². The first-order valence-electron chi connectivity index (χ1n) is 6.30. The summed E-state index contributed by atoms with van der Waals surface area (Å²) in [7, 11) is 0. The fourth-order valence-corrected chi connectivity index (χ4v) is 2.05. The van der Waals surface area contributed by atoms with Crippen LogP contribution >= 0.6 is 0 Å². The van der Waals surface area contributed by atoms with Crippen LogP contribution in [-0.2, 0) is 0 Å². The van der Waals surface area contributed by atoms with E-state index in [0.29, 0.717) is 0 Å². The maximum Gasteiger partial charge on any atom is 0.0266 e. The largest absolute Gasteiger partial charge is 0.324 e. The van der Waals surface area contributed by atoms with Crippen molar-refractivity contribution >= 4 is 6.08 Å². The molecule has 0 saturated carbocycles. The van der Waals surface area contributed by atoms with Gasteiger partial charge in [0.15, 0.2) is 0 Å². The number of benzene rings is 2. The molecule has 1 nitrogen and oxygen atoms in total. The smallest absolute Gasteiger partial charge is 0.0266 e. The van der Waals surface area contributed by atoms with Gasteiger partial charge >= 0.3 is 0 Å². The van der Waals surface area contributed by atoms with Gasteiger partial charge in [0.25, 0.3) is 0 Å². The van der Waals surface area contributed by atoms with Crippen LogP contribution in [0.5, 0.6) is 0 Å². The lowest BCUT2D eigenvalue weighted by Crippen LogP contribution is -2.04. The molecule has 2 rings (SSSR count). The Morgan fingerprint density at radius 2 is 1.67 bits per heavy atom. The van der Waals surface area contributed by atoms with E-state index >= 15 is 0 Å². The molecule has 0 amide bonds. The molecule has 0 saturated heterocycles. The summed E-state index contributed by atoms with van der Waals surface area (Å²) in [5, 5.41) is 0. The number of hydrogen-bond donors (Lipinski definition) is 1. The monoisotopic (exact) mass is 237 g/mol. The Bertz CT molecular complexity index is 536. The minimum Gasteiger partial charge on any atom is -0.324 e. The molecule has 2 aromatic rings. The Balaban J connectivity index is 2.42. The zero-order valence-electron chi connectivity index (χ0n) is 10.9. The van der Waals surface area contributed by atoms with Crippen molar-refractivity contribution in [3.63, 3.8) is 0 Å². The number of rotatable bonds is 3. The SMILES string of the molecule is C/C=C\c1ccccc1-c1ccc(C(C)N)cc1. The molecule has 0 aromatic heterocycles. The van der Waals surface area contributed by atoms with Gasteiger partial charge in [-0.1, -0.05) is 60.7 Å². The van der Waals surface area contributed by atoms with Gasteiger partial charge in [-0.2, -0.15) is 0 Å². The van der Waals surface area contributed by atoms with E-state index in [4.69, 9.17) is 5.73 Å². The fourth-order valence-electron chi connectivity index (χ4n) is 2.05. The standard InChI is InChI=1S/C17H19N/c1-3-6-15-7-4-5-8-17(15)16-11-9-14(10-12-16)13(2)18/h3-13H,18H2,1-2H3/b6-3-. The minimum absolute atomic E-state index is 0.0878. The van der Waals surface area contributed by atoms with Crippen molar-refractivity contribution in [3.8, 4) is 11.1 Å². The highest BCUT2D eigenvalue weighted by atomic mass is 14.6. The van der Waals surface area contributed by atoms with Gasteiger partial charge in [-0.3, -0.25) is 0 Å². The highest BCUT2D eigenvalue weighted by Crippen LogP contribution is 2.25. The molecule has 1 atom stereocenters. The first kappa shape index (κ1) is 12.6. The van der Waals surface area contributed by atoms with E-state index in [1.807, 2.05) is 13.8 Å². The van der Waals surface area contributed by atoms with Crippen molar-refractivity contribution in [1.82, 2.24) is 0 Å². The van der Waals surface area contributed by atoms with E-state index in [1.165, 1.54) is 22.3 Å². The molecule has 0 fully saturated rings. The normalized spacial score (nSPS) is 12.8. The molecule has 0 aliphatic rings. The summed E-state index contributed by atoms with van der Waals surface area (Å²) >= 11 is 0. The molecule has 92 valence electrons. The predicted octanol–water partition coefficient (Wildman–Crippen LogP) is 4.41. The van der Waals surface area contributed by atoms with Crippen LogP contribution in [-0.4, -0.2) is 0 Å². The average Bonchev–Trinajstić information content (AvgIpc) is 2.40. The lowest BCUT2D eigenvalue weighted by molar-refractivity contribution is 0.818. The first-order valence-corrected chi connectivity index (χ1v) is 6.30. The summed E-state index contributed by atoms with van der Waals surface area (Å²) in [5.41, 5.74) is 10.8. The molecule has 0 bridgehead atoms. The van der Waals surface area contributed by atoms with Crippen LogP contribution in [0.4, 0.5) is 0 Å². The third-order valence-electron chi connectivity index (χ3n) is 3.05. The highest BCUT2D eigenvalue weighted by molar-refractivity contribution is 5.75. The maximum atomic E-state index is 5.87. The Morgan fingerprint density at radius 3 is 2.28 bits per heavy atom. The van der Waals surface area contributed by atoms with Crippen molar-refractivity contribution in [3.05, 3.63) is 65.7 Å². The zero-order chi connectivity index (χ0) is 13.0. The second kappa shape index (κ2) is 5.65. The van der Waals surface area contributed by atoms with E-state index in [9.17, 15) is 0 Å². The maximum absolute atomic E-state index is 5.87. The fraction of sp³-hybridized carbons (Fsp3) is 0.176. The van der Waals surface area contributed by atoms with Crippen LogP contribution < -0.4 is 5.73 Å². The summed E-state index contributed by atoms with van der Waals surface area (Å²) in [6, 6.07) is 17.0. The van der Waals surface area contributed by atoms with E-state index in [1.54, 1.807) is 0 Å². The van der Waals surface area contributed by atoms with Gasteiger partial charge in [-0.25, -0.2) is 0 Å². The van der Waals surface area contributed by atoms with Gasteiger partial charge in [0, 0.05) is 6.04 Å². The minimum atomic E-state index is 0.0878. The van der Waals surface area contributed by atoms with Gasteiger partial charge in [-0.05, 0) is 36.1 Å². The Morgan fingerprint density at radius 1 is 1.00 bits per heavy atom. The summed E-state index contributed by atoms with van der Waals surface area (Å²) in [6.07, 6.45) is 4.20. The van der Waals surface area contributed by atoms with Crippen LogP contribution in [0.3, 0.4) is 0 Å². The number of hydrogen-bond acceptors (Lipinski definition) is 1. The molecule has 0 aliphatic carbocycles. The molecule has 0 radical (unpaired) electrons. The van der Waals surface area contributed by atoms with Crippen LogP contribution in [0.15, 0.2) is 54.6 Å². The van der Waals surface area contributed by atoms with Crippen LogP contribution in [0.2, 0.25) is 0 Å². The summed E-state index contributed by atoms with van der Waals surface area (Å²) in [4.78, 5) is 0. The average molecular weight is 237 g/mol. The van der Waals surface area contributed by atoms with Gasteiger partial charge < -0.3 is 5.73 Å². The summed E-state index contributed by atoms with van der Waals surface area (Å²) in [5.74, 6) is 0. The van der Waals surface area contributed by atoms with Crippen LogP contribution in [0.25, 0.3) is 17.2 Å². The first-order chi connectivity index (χ1) is 8.72. The molecule has 18 heavy (non-hydrogen) atoms. The van der Waals surface area contributed by atoms with Crippen molar-refractivity contribution in [2.45, 2.75) is 19.9 Å². The summed E-state index contributed by atoms with van der Waals surface area (Å²) < 4.78 is 0. The molecule has 1 unspecified atom stereocenters. The molecular weight excluding hydrogens is 218 g/mol. The lowest BCUT2D eigenvalue weighted by atomic mass is 9.97. The third-order valence-corrected chi connectivity index (χ3v) is 3.05. The third kappa shape index (κ3) is 2.69. The van der Waals surface area contributed by atoms with Crippen molar-refractivity contribution < 1.29 is 0 Å². The molecule has 0 spiro atoms. The zero-order valence-corrected chi connectivity index (χ0v) is 10.9. The highest BCUT2D eigenvalue weighted by Gasteiger charge is 2.03. The topological polar surface area (TPSA) is 26.0 Å². The van der Waals surface area contributed by atoms with Crippen LogP contribution in [0, 0.1) is 0 Å². The number of nitrogens with two attached hydrogens (primary N) is 1. The Hall–Kier alpha value is -1.86. The summed E-state index contributed by atoms with van der Waals surface area (Å²) in [6.45, 7) is 4.04. The van der Waals surface area contributed by atoms with Crippen molar-refractivity contribution in [2.24, 2.45) is 5.73 Å². The van der Waals surface area contributed by atoms with Crippen molar-refractivity contribution in [2.75, 3.05) is 0 Å². The van der Waals surface area contributed by atoms with E-state index in [2.05, 4.69) is 60.7 Å². The lowest BCUT2D eigenvalue weighted by Gasteiger charge is -2.09. The molecule has 2 aromatic carbocycles. The Labute approximate surface area is 109 Å². The van der Waals surface area contributed by atoms with Crippen LogP contribution in [0.1, 0.15) is 31.0 Å². The van der Waals surface area contributed by atoms with Gasteiger partial charge in [0.05, 0.1) is 0 Å². The quantitative estimate of drug-likeness (QED) is 0.841. The second-order valence-corrected chi connectivity index (χ2v) is 4.50. The van der Waals surface area contributed by atoms with Gasteiger partial charge in [0.2, 0.25) is 0 Å². The predicted molar refractivity (Wildman–Crippen MR) is 79.2 cm³/mol. The second-order valence-electron chi connectivity index (χ2n) is 4.50. The molecule has 0 aliphatic heterocycles. The van der Waals surface area contributed by atoms with Crippen molar-refractivity contribution in [1.29, 1.82) is 0 Å². The number of allylic oxidation sites excluding steroid dienone is 1. The molecule has 2 N–H and O–H groups in total. The Kier molecular flexibility index (Phi) is 3.96. The van der Waals surface area contributed by atoms with E-state index in [-0.39, 0.29) is 6.04 Å². The molecule has 0 heterocycles. The van der Waals surface area contributed by atoms with E-state index in [0.717, 1.165) is 0 Å². The van der Waals surface area contributed by atoms with Gasteiger partial charge in [-0.15, -0.1) is 0 Å². The van der Waals surface area contributed by atoms with E-state index < -0.39 is 0 Å². The molecule has 1 heteroatoms. The molecular formula is C17H19N.